The molecular weight excluding hydrogens is 289 g/mol. The Balaban J connectivity index is 2.33. The summed E-state index contributed by atoms with van der Waals surface area (Å²) in [5.41, 5.74) is 0.211. The molecule has 1 aromatic carbocycles. The van der Waals surface area contributed by atoms with Crippen LogP contribution >= 0.6 is 11.6 Å². The lowest BCUT2D eigenvalue weighted by molar-refractivity contribution is 0.373. The average molecular weight is 306 g/mol. The zero-order chi connectivity index (χ0) is 14.0. The first-order chi connectivity index (χ1) is 8.96. The number of halogens is 2. The van der Waals surface area contributed by atoms with Crippen LogP contribution < -0.4 is 0 Å². The van der Waals surface area contributed by atoms with E-state index in [-0.39, 0.29) is 22.4 Å². The van der Waals surface area contributed by atoms with Crippen molar-refractivity contribution in [2.45, 2.75) is 42.5 Å². The highest BCUT2D eigenvalue weighted by Crippen LogP contribution is 2.28. The lowest BCUT2D eigenvalue weighted by Gasteiger charge is -2.23. The zero-order valence-corrected chi connectivity index (χ0v) is 12.3. The molecule has 1 aromatic rings. The van der Waals surface area contributed by atoms with Gasteiger partial charge in [0.15, 0.2) is 0 Å². The maximum absolute atomic E-state index is 13.4. The molecule has 6 heteroatoms. The predicted octanol–water partition coefficient (Wildman–Crippen LogP) is 3.13. The number of rotatable bonds is 4. The van der Waals surface area contributed by atoms with Crippen molar-refractivity contribution in [3.8, 4) is 0 Å². The molecule has 1 aliphatic rings. The molecule has 0 radical (unpaired) electrons. The lowest BCUT2D eigenvalue weighted by atomic mass is 10.2. The van der Waals surface area contributed by atoms with E-state index >= 15 is 0 Å². The number of hydrogen-bond acceptors (Lipinski definition) is 2. The van der Waals surface area contributed by atoms with Gasteiger partial charge in [0.25, 0.3) is 0 Å². The molecule has 0 aliphatic heterocycles. The number of alkyl halides is 1. The molecule has 1 fully saturated rings. The van der Waals surface area contributed by atoms with Crippen LogP contribution in [0, 0.1) is 5.82 Å². The van der Waals surface area contributed by atoms with Gasteiger partial charge < -0.3 is 0 Å². The summed E-state index contributed by atoms with van der Waals surface area (Å²) in [6, 6.07) is 3.83. The standard InChI is InChI=1S/C13H17ClFNO2S/c1-16(11-4-2-3-5-11)19(17,18)12-6-7-13(15)10(8-12)9-14/h6-8,11H,2-5,9H2,1H3. The van der Waals surface area contributed by atoms with E-state index in [9.17, 15) is 12.8 Å². The molecule has 0 heterocycles. The van der Waals surface area contributed by atoms with Gasteiger partial charge >= 0.3 is 0 Å². The van der Waals surface area contributed by atoms with Crippen LogP contribution in [0.2, 0.25) is 0 Å². The van der Waals surface area contributed by atoms with Crippen molar-refractivity contribution in [2.24, 2.45) is 0 Å². The number of benzene rings is 1. The summed E-state index contributed by atoms with van der Waals surface area (Å²) >= 11 is 5.61. The minimum atomic E-state index is -3.56. The van der Waals surface area contributed by atoms with Crippen molar-refractivity contribution in [1.82, 2.24) is 4.31 Å². The molecule has 0 amide bonds. The summed E-state index contributed by atoms with van der Waals surface area (Å²) in [5.74, 6) is -0.514. The Bertz CT molecular complexity index is 556. The van der Waals surface area contributed by atoms with Crippen LogP contribution in [0.3, 0.4) is 0 Å². The summed E-state index contributed by atoms with van der Waals surface area (Å²) in [4.78, 5) is 0.110. The lowest BCUT2D eigenvalue weighted by Crippen LogP contribution is -2.35. The molecule has 3 nitrogen and oxygen atoms in total. The molecule has 0 bridgehead atoms. The molecule has 1 saturated carbocycles. The molecule has 0 unspecified atom stereocenters. The molecule has 0 aromatic heterocycles. The largest absolute Gasteiger partial charge is 0.243 e. The van der Waals surface area contributed by atoms with Gasteiger partial charge in [-0.05, 0) is 31.0 Å². The van der Waals surface area contributed by atoms with E-state index in [2.05, 4.69) is 0 Å². The fraction of sp³-hybridized carbons (Fsp3) is 0.538. The van der Waals surface area contributed by atoms with Crippen LogP contribution in [0.5, 0.6) is 0 Å². The number of nitrogens with zero attached hydrogens (tertiary/aromatic N) is 1. The molecule has 0 saturated heterocycles. The summed E-state index contributed by atoms with van der Waals surface area (Å²) in [6.45, 7) is 0. The highest BCUT2D eigenvalue weighted by atomic mass is 35.5. The molecule has 0 atom stereocenters. The van der Waals surface area contributed by atoms with Crippen LogP contribution in [0.25, 0.3) is 0 Å². The normalized spacial score (nSPS) is 17.3. The molecular formula is C13H17ClFNO2S. The second-order valence-corrected chi connectivity index (χ2v) is 7.11. The van der Waals surface area contributed by atoms with Gasteiger partial charge in [-0.2, -0.15) is 4.31 Å². The van der Waals surface area contributed by atoms with Gasteiger partial charge in [0.1, 0.15) is 5.82 Å². The second-order valence-electron chi connectivity index (χ2n) is 4.85. The molecule has 1 aliphatic carbocycles. The maximum Gasteiger partial charge on any atom is 0.243 e. The van der Waals surface area contributed by atoms with Gasteiger partial charge in [-0.1, -0.05) is 12.8 Å². The van der Waals surface area contributed by atoms with Gasteiger partial charge in [-0.3, -0.25) is 0 Å². The van der Waals surface area contributed by atoms with E-state index in [1.54, 1.807) is 7.05 Å². The maximum atomic E-state index is 13.4. The predicted molar refractivity (Wildman–Crippen MR) is 73.2 cm³/mol. The Morgan fingerprint density at radius 2 is 2.00 bits per heavy atom. The van der Waals surface area contributed by atoms with Gasteiger partial charge in [0.05, 0.1) is 10.8 Å². The first-order valence-electron chi connectivity index (χ1n) is 6.29. The van der Waals surface area contributed by atoms with Crippen LogP contribution in [-0.4, -0.2) is 25.8 Å². The summed E-state index contributed by atoms with van der Waals surface area (Å²) in [5, 5.41) is 0. The van der Waals surface area contributed by atoms with Gasteiger partial charge in [-0.25, -0.2) is 12.8 Å². The van der Waals surface area contributed by atoms with E-state index in [1.165, 1.54) is 16.4 Å². The van der Waals surface area contributed by atoms with Gasteiger partial charge in [-0.15, -0.1) is 11.6 Å². The van der Waals surface area contributed by atoms with Crippen molar-refractivity contribution in [2.75, 3.05) is 7.05 Å². The Kier molecular flexibility index (Phi) is 4.48. The van der Waals surface area contributed by atoms with Crippen LogP contribution in [0.1, 0.15) is 31.2 Å². The Labute approximate surface area is 118 Å². The molecule has 2 rings (SSSR count). The quantitative estimate of drug-likeness (QED) is 0.802. The average Bonchev–Trinajstić information content (AvgIpc) is 2.91. The fourth-order valence-corrected chi connectivity index (χ4v) is 4.12. The van der Waals surface area contributed by atoms with Crippen molar-refractivity contribution < 1.29 is 12.8 Å². The highest BCUT2D eigenvalue weighted by Gasteiger charge is 2.30. The fourth-order valence-electron chi connectivity index (χ4n) is 2.44. The van der Waals surface area contributed by atoms with E-state index in [0.29, 0.717) is 0 Å². The third-order valence-corrected chi connectivity index (χ3v) is 5.87. The third-order valence-electron chi connectivity index (χ3n) is 3.68. The SMILES string of the molecule is CN(C1CCCC1)S(=O)(=O)c1ccc(F)c(CCl)c1. The van der Waals surface area contributed by atoms with Crippen molar-refractivity contribution in [3.63, 3.8) is 0 Å². The summed E-state index contributed by atoms with van der Waals surface area (Å²) < 4.78 is 39.7. The van der Waals surface area contributed by atoms with Crippen LogP contribution in [0.15, 0.2) is 23.1 Å². The summed E-state index contributed by atoms with van der Waals surface area (Å²) in [7, 11) is -1.97. The van der Waals surface area contributed by atoms with E-state index in [0.717, 1.165) is 31.7 Å². The smallest absolute Gasteiger partial charge is 0.207 e. The first-order valence-corrected chi connectivity index (χ1v) is 8.26. The molecule has 0 N–H and O–H groups in total. The highest BCUT2D eigenvalue weighted by molar-refractivity contribution is 7.89. The Morgan fingerprint density at radius 3 is 2.58 bits per heavy atom. The minimum absolute atomic E-state index is 0.0393. The van der Waals surface area contributed by atoms with Crippen molar-refractivity contribution >= 4 is 21.6 Å². The van der Waals surface area contributed by atoms with Crippen molar-refractivity contribution in [1.29, 1.82) is 0 Å². The Hall–Kier alpha value is -0.650. The monoisotopic (exact) mass is 305 g/mol. The van der Waals surface area contributed by atoms with Crippen LogP contribution in [0.4, 0.5) is 4.39 Å². The van der Waals surface area contributed by atoms with Crippen molar-refractivity contribution in [3.05, 3.63) is 29.6 Å². The Morgan fingerprint density at radius 1 is 1.37 bits per heavy atom. The first kappa shape index (κ1) is 14.8. The van der Waals surface area contributed by atoms with E-state index in [4.69, 9.17) is 11.6 Å². The minimum Gasteiger partial charge on any atom is -0.207 e. The van der Waals surface area contributed by atoms with Gasteiger partial charge in [0.2, 0.25) is 10.0 Å². The van der Waals surface area contributed by atoms with E-state index in [1.807, 2.05) is 0 Å². The third kappa shape index (κ3) is 2.93. The second kappa shape index (κ2) is 5.77. The topological polar surface area (TPSA) is 37.4 Å². The van der Waals surface area contributed by atoms with Crippen LogP contribution in [-0.2, 0) is 15.9 Å². The van der Waals surface area contributed by atoms with E-state index < -0.39 is 15.8 Å². The summed E-state index contributed by atoms with van der Waals surface area (Å²) in [6.07, 6.45) is 3.89. The number of hydrogen-bond donors (Lipinski definition) is 0. The van der Waals surface area contributed by atoms with Gasteiger partial charge in [0, 0.05) is 18.7 Å². The molecule has 19 heavy (non-hydrogen) atoms. The molecule has 0 spiro atoms. The number of sulfonamides is 1. The zero-order valence-electron chi connectivity index (χ0n) is 10.8. The molecule has 106 valence electrons.